The highest BCUT2D eigenvalue weighted by atomic mass is 16.2. The Labute approximate surface area is 93.2 Å². The van der Waals surface area contributed by atoms with Crippen LogP contribution in [0.1, 0.15) is 46.0 Å². The number of nitrogens with one attached hydrogen (secondary N) is 1. The molecule has 1 amide bonds. The molecule has 3 N–H and O–H groups in total. The first-order valence-corrected chi connectivity index (χ1v) is 5.96. The summed E-state index contributed by atoms with van der Waals surface area (Å²) in [6.45, 7) is 7.84. The van der Waals surface area contributed by atoms with Crippen molar-refractivity contribution >= 4 is 5.91 Å². The Hall–Kier alpha value is -0.610. The third-order valence-corrected chi connectivity index (χ3v) is 2.53. The summed E-state index contributed by atoms with van der Waals surface area (Å²) < 4.78 is 0. The molecule has 0 aliphatic carbocycles. The lowest BCUT2D eigenvalue weighted by Crippen LogP contribution is -2.29. The second-order valence-electron chi connectivity index (χ2n) is 3.81. The number of carbonyl (C=O) groups is 1. The highest BCUT2D eigenvalue weighted by Crippen LogP contribution is 2.02. The van der Waals surface area contributed by atoms with Gasteiger partial charge < -0.3 is 4.90 Å². The Bertz CT molecular complexity index is 162. The number of hydrogen-bond donors (Lipinski definition) is 2. The molecule has 90 valence electrons. The zero-order valence-electron chi connectivity index (χ0n) is 10.1. The lowest BCUT2D eigenvalue weighted by Gasteiger charge is -2.18. The number of carbonyl (C=O) groups excluding carboxylic acids is 1. The third kappa shape index (κ3) is 8.39. The average Bonchev–Trinajstić information content (AvgIpc) is 2.26. The van der Waals surface area contributed by atoms with Crippen LogP contribution >= 0.6 is 0 Å². The molecular weight excluding hydrogens is 190 g/mol. The van der Waals surface area contributed by atoms with Crippen molar-refractivity contribution in [2.24, 2.45) is 5.84 Å². The van der Waals surface area contributed by atoms with E-state index in [0.717, 1.165) is 25.9 Å². The Kier molecular flexibility index (Phi) is 9.52. The van der Waals surface area contributed by atoms with Gasteiger partial charge in [-0.2, -0.15) is 0 Å². The summed E-state index contributed by atoms with van der Waals surface area (Å²) in [5.74, 6) is 4.93. The maximum Gasteiger partial charge on any atom is 0.233 e. The molecule has 4 heteroatoms. The van der Waals surface area contributed by atoms with Crippen molar-refractivity contribution in [1.29, 1.82) is 0 Å². The monoisotopic (exact) mass is 215 g/mol. The molecule has 0 unspecified atom stereocenters. The molecule has 0 saturated carbocycles. The normalized spacial score (nSPS) is 10.7. The van der Waals surface area contributed by atoms with Crippen molar-refractivity contribution in [3.05, 3.63) is 0 Å². The van der Waals surface area contributed by atoms with E-state index in [1.807, 2.05) is 0 Å². The molecule has 0 spiro atoms. The predicted octanol–water partition coefficient (Wildman–Crippen LogP) is 1.27. The first kappa shape index (κ1) is 14.4. The van der Waals surface area contributed by atoms with Crippen LogP contribution < -0.4 is 11.3 Å². The van der Waals surface area contributed by atoms with Crippen LogP contribution in [0.25, 0.3) is 0 Å². The van der Waals surface area contributed by atoms with Gasteiger partial charge >= 0.3 is 0 Å². The van der Waals surface area contributed by atoms with E-state index in [1.54, 1.807) is 0 Å². The van der Waals surface area contributed by atoms with Crippen LogP contribution in [0.2, 0.25) is 0 Å². The minimum absolute atomic E-state index is 0.0593. The lowest BCUT2D eigenvalue weighted by molar-refractivity contribution is -0.121. The number of hydrogen-bond acceptors (Lipinski definition) is 3. The quantitative estimate of drug-likeness (QED) is 0.263. The summed E-state index contributed by atoms with van der Waals surface area (Å²) in [6.07, 6.45) is 4.98. The zero-order chi connectivity index (χ0) is 11.5. The first-order chi connectivity index (χ1) is 7.24. The van der Waals surface area contributed by atoms with E-state index in [-0.39, 0.29) is 5.91 Å². The van der Waals surface area contributed by atoms with E-state index in [2.05, 4.69) is 24.2 Å². The molecule has 0 bridgehead atoms. The van der Waals surface area contributed by atoms with Gasteiger partial charge in [-0.3, -0.25) is 10.2 Å². The van der Waals surface area contributed by atoms with Crippen LogP contribution in [0.15, 0.2) is 0 Å². The van der Waals surface area contributed by atoms with Crippen LogP contribution in [0.5, 0.6) is 0 Å². The van der Waals surface area contributed by atoms with Crippen molar-refractivity contribution in [1.82, 2.24) is 10.3 Å². The molecule has 4 nitrogen and oxygen atoms in total. The minimum Gasteiger partial charge on any atom is -0.304 e. The maximum atomic E-state index is 10.8. The molecule has 0 rings (SSSR count). The number of hydrazine groups is 1. The molecule has 0 radical (unpaired) electrons. The summed E-state index contributed by atoms with van der Waals surface area (Å²) in [5.41, 5.74) is 2.15. The van der Waals surface area contributed by atoms with Gasteiger partial charge in [-0.1, -0.05) is 20.3 Å². The molecule has 15 heavy (non-hydrogen) atoms. The topological polar surface area (TPSA) is 58.4 Å². The van der Waals surface area contributed by atoms with E-state index in [9.17, 15) is 4.79 Å². The fourth-order valence-corrected chi connectivity index (χ4v) is 1.61. The van der Waals surface area contributed by atoms with Gasteiger partial charge in [0.15, 0.2) is 0 Å². The fourth-order valence-electron chi connectivity index (χ4n) is 1.61. The molecule has 0 aliphatic rings. The summed E-state index contributed by atoms with van der Waals surface area (Å²) in [5, 5.41) is 0. The maximum absolute atomic E-state index is 10.8. The summed E-state index contributed by atoms with van der Waals surface area (Å²) in [4.78, 5) is 13.3. The fraction of sp³-hybridized carbons (Fsp3) is 0.909. The van der Waals surface area contributed by atoms with Crippen LogP contribution in [0.3, 0.4) is 0 Å². The third-order valence-electron chi connectivity index (χ3n) is 2.53. The highest BCUT2D eigenvalue weighted by Gasteiger charge is 2.01. The molecule has 0 aliphatic heterocycles. The average molecular weight is 215 g/mol. The Morgan fingerprint density at radius 1 is 1.20 bits per heavy atom. The molecule has 0 fully saturated rings. The van der Waals surface area contributed by atoms with E-state index >= 15 is 0 Å². The largest absolute Gasteiger partial charge is 0.304 e. The standard InChI is InChI=1S/C11H25N3O/c1-3-9-14(4-2)10-7-5-6-8-11(15)13-12/h3-10,12H2,1-2H3,(H,13,15). The van der Waals surface area contributed by atoms with Crippen LogP contribution in [0, 0.1) is 0 Å². The molecule has 0 saturated heterocycles. The molecule has 0 atom stereocenters. The van der Waals surface area contributed by atoms with Crippen LogP contribution in [-0.2, 0) is 4.79 Å². The van der Waals surface area contributed by atoms with Gasteiger partial charge in [-0.25, -0.2) is 5.84 Å². The molecule has 0 aromatic carbocycles. The Morgan fingerprint density at radius 3 is 2.47 bits per heavy atom. The van der Waals surface area contributed by atoms with Gasteiger partial charge in [0.25, 0.3) is 0 Å². The predicted molar refractivity (Wildman–Crippen MR) is 63.2 cm³/mol. The highest BCUT2D eigenvalue weighted by molar-refractivity contribution is 5.74. The van der Waals surface area contributed by atoms with Crippen molar-refractivity contribution < 1.29 is 4.79 Å². The Balaban J connectivity index is 3.32. The van der Waals surface area contributed by atoms with Crippen LogP contribution in [-0.4, -0.2) is 30.4 Å². The summed E-state index contributed by atoms with van der Waals surface area (Å²) in [7, 11) is 0. The molecule has 0 aromatic rings. The second-order valence-corrected chi connectivity index (χ2v) is 3.81. The SMILES string of the molecule is CCCN(CC)CCCCCC(=O)NN. The minimum atomic E-state index is -0.0593. The van der Waals surface area contributed by atoms with Crippen molar-refractivity contribution in [3.8, 4) is 0 Å². The Morgan fingerprint density at radius 2 is 1.93 bits per heavy atom. The van der Waals surface area contributed by atoms with Crippen LogP contribution in [0.4, 0.5) is 0 Å². The number of unbranched alkanes of at least 4 members (excludes halogenated alkanes) is 2. The molecule has 0 aromatic heterocycles. The van der Waals surface area contributed by atoms with Crippen molar-refractivity contribution in [2.45, 2.75) is 46.0 Å². The number of rotatable bonds is 9. The van der Waals surface area contributed by atoms with E-state index in [4.69, 9.17) is 5.84 Å². The van der Waals surface area contributed by atoms with E-state index < -0.39 is 0 Å². The van der Waals surface area contributed by atoms with Crippen molar-refractivity contribution in [2.75, 3.05) is 19.6 Å². The van der Waals surface area contributed by atoms with Gasteiger partial charge in [0.1, 0.15) is 0 Å². The van der Waals surface area contributed by atoms with Gasteiger partial charge in [0.2, 0.25) is 5.91 Å². The lowest BCUT2D eigenvalue weighted by atomic mass is 10.2. The summed E-state index contributed by atoms with van der Waals surface area (Å²) >= 11 is 0. The molecule has 0 heterocycles. The second kappa shape index (κ2) is 9.93. The number of nitrogens with zero attached hydrogens (tertiary/aromatic N) is 1. The van der Waals surface area contributed by atoms with Gasteiger partial charge in [0, 0.05) is 6.42 Å². The number of nitrogens with two attached hydrogens (primary N) is 1. The van der Waals surface area contributed by atoms with Gasteiger partial charge in [-0.15, -0.1) is 0 Å². The summed E-state index contributed by atoms with van der Waals surface area (Å²) in [6, 6.07) is 0. The smallest absolute Gasteiger partial charge is 0.233 e. The molecular formula is C11H25N3O. The van der Waals surface area contributed by atoms with Gasteiger partial charge in [-0.05, 0) is 38.9 Å². The first-order valence-electron chi connectivity index (χ1n) is 5.96. The van der Waals surface area contributed by atoms with Crippen molar-refractivity contribution in [3.63, 3.8) is 0 Å². The zero-order valence-corrected chi connectivity index (χ0v) is 10.1. The van der Waals surface area contributed by atoms with E-state index in [1.165, 1.54) is 19.4 Å². The van der Waals surface area contributed by atoms with E-state index in [0.29, 0.717) is 6.42 Å². The van der Waals surface area contributed by atoms with Gasteiger partial charge in [0.05, 0.1) is 0 Å². The number of amides is 1.